The summed E-state index contributed by atoms with van der Waals surface area (Å²) < 4.78 is 5.06. The third-order valence-corrected chi connectivity index (χ3v) is 5.20. The van der Waals surface area contributed by atoms with Crippen molar-refractivity contribution in [3.63, 3.8) is 0 Å². The molecule has 1 N–H and O–H groups in total. The number of benzene rings is 1. The number of carbonyl (C=O) groups is 2. The lowest BCUT2D eigenvalue weighted by molar-refractivity contribution is -0.148. The third kappa shape index (κ3) is 5.13. The van der Waals surface area contributed by atoms with Crippen molar-refractivity contribution in [1.29, 1.82) is 0 Å². The van der Waals surface area contributed by atoms with Gasteiger partial charge in [-0.05, 0) is 19.8 Å². The van der Waals surface area contributed by atoms with Gasteiger partial charge in [0, 0.05) is 17.0 Å². The maximum absolute atomic E-state index is 11.9. The number of esters is 1. The molecule has 0 radical (unpaired) electrons. The van der Waals surface area contributed by atoms with Crippen molar-refractivity contribution in [3.8, 4) is 10.6 Å². The number of amides is 1. The normalized spacial score (nSPS) is 14.4. The lowest BCUT2D eigenvalue weighted by Crippen LogP contribution is -2.36. The Morgan fingerprint density at radius 2 is 1.96 bits per heavy atom. The van der Waals surface area contributed by atoms with E-state index in [1.807, 2.05) is 36.6 Å². The van der Waals surface area contributed by atoms with Crippen LogP contribution in [0.2, 0.25) is 0 Å². The van der Waals surface area contributed by atoms with Gasteiger partial charge in [-0.15, -0.1) is 11.3 Å². The molecule has 0 bridgehead atoms. The molecule has 6 heteroatoms. The summed E-state index contributed by atoms with van der Waals surface area (Å²) in [5.41, 5.74) is 2.90. The summed E-state index contributed by atoms with van der Waals surface area (Å²) in [4.78, 5) is 28.2. The molecule has 0 atom stereocenters. The molecule has 1 aromatic carbocycles. The molecule has 2 aromatic rings. The summed E-state index contributed by atoms with van der Waals surface area (Å²) in [6, 6.07) is 8.34. The average molecular weight is 358 g/mol. The first kappa shape index (κ1) is 17.6. The Kier molecular flexibility index (Phi) is 5.81. The summed E-state index contributed by atoms with van der Waals surface area (Å²) in [6.45, 7) is 1.82. The first-order valence-electron chi connectivity index (χ1n) is 8.56. The first-order chi connectivity index (χ1) is 12.1. The number of carbonyl (C=O) groups excluding carboxylic acids is 2. The van der Waals surface area contributed by atoms with Crippen molar-refractivity contribution >= 4 is 23.2 Å². The summed E-state index contributed by atoms with van der Waals surface area (Å²) in [7, 11) is 0. The molecule has 1 fully saturated rings. The van der Waals surface area contributed by atoms with Gasteiger partial charge in [0.2, 0.25) is 0 Å². The van der Waals surface area contributed by atoms with E-state index in [1.54, 1.807) is 0 Å². The van der Waals surface area contributed by atoms with Crippen LogP contribution in [0.1, 0.15) is 36.9 Å². The van der Waals surface area contributed by atoms with E-state index in [9.17, 15) is 9.59 Å². The molecule has 1 aliphatic carbocycles. The van der Waals surface area contributed by atoms with Gasteiger partial charge in [-0.2, -0.15) is 0 Å². The van der Waals surface area contributed by atoms with E-state index in [0.29, 0.717) is 5.69 Å². The molecular formula is C19H22N2O3S. The maximum atomic E-state index is 11.9. The zero-order chi connectivity index (χ0) is 17.6. The Balaban J connectivity index is 1.46. The van der Waals surface area contributed by atoms with Crippen molar-refractivity contribution in [1.82, 2.24) is 10.3 Å². The molecule has 3 rings (SSSR count). The van der Waals surface area contributed by atoms with Crippen LogP contribution >= 0.6 is 11.3 Å². The lowest BCUT2D eigenvalue weighted by atomic mass is 10.2. The zero-order valence-electron chi connectivity index (χ0n) is 14.3. The minimum absolute atomic E-state index is 0.0824. The smallest absolute Gasteiger partial charge is 0.312 e. The second kappa shape index (κ2) is 8.25. The molecule has 1 saturated carbocycles. The van der Waals surface area contributed by atoms with Crippen LogP contribution in [0.5, 0.6) is 0 Å². The molecule has 25 heavy (non-hydrogen) atoms. The lowest BCUT2D eigenvalue weighted by Gasteiger charge is -2.11. The number of hydrogen-bond donors (Lipinski definition) is 1. The molecule has 0 saturated heterocycles. The van der Waals surface area contributed by atoms with Crippen molar-refractivity contribution in [3.05, 3.63) is 40.9 Å². The van der Waals surface area contributed by atoms with Crippen LogP contribution in [0.25, 0.3) is 10.6 Å². The SMILES string of the molecule is Cc1ccc(-c2nc(CC(=O)OCC(=O)NC3CCCC3)cs2)cc1. The van der Waals surface area contributed by atoms with Crippen LogP contribution in [0.3, 0.4) is 0 Å². The van der Waals surface area contributed by atoms with E-state index in [2.05, 4.69) is 10.3 Å². The van der Waals surface area contributed by atoms with Crippen LogP contribution < -0.4 is 5.32 Å². The summed E-state index contributed by atoms with van der Waals surface area (Å²) in [5.74, 6) is -0.652. The molecule has 1 heterocycles. The zero-order valence-corrected chi connectivity index (χ0v) is 15.1. The quantitative estimate of drug-likeness (QED) is 0.805. The molecule has 1 amide bonds. The second-order valence-electron chi connectivity index (χ2n) is 6.40. The Hall–Kier alpha value is -2.21. The average Bonchev–Trinajstić information content (AvgIpc) is 3.26. The number of nitrogens with one attached hydrogen (secondary N) is 1. The van der Waals surface area contributed by atoms with Gasteiger partial charge in [0.05, 0.1) is 12.1 Å². The largest absolute Gasteiger partial charge is 0.455 e. The van der Waals surface area contributed by atoms with Crippen LogP contribution in [0.15, 0.2) is 29.6 Å². The highest BCUT2D eigenvalue weighted by molar-refractivity contribution is 7.13. The number of ether oxygens (including phenoxy) is 1. The topological polar surface area (TPSA) is 68.3 Å². The minimum atomic E-state index is -0.428. The number of nitrogens with zero attached hydrogens (tertiary/aromatic N) is 1. The molecule has 132 valence electrons. The molecular weight excluding hydrogens is 336 g/mol. The van der Waals surface area contributed by atoms with Gasteiger partial charge in [0.1, 0.15) is 5.01 Å². The maximum Gasteiger partial charge on any atom is 0.312 e. The van der Waals surface area contributed by atoms with Gasteiger partial charge < -0.3 is 10.1 Å². The highest BCUT2D eigenvalue weighted by atomic mass is 32.1. The fraction of sp³-hybridized carbons (Fsp3) is 0.421. The molecule has 0 spiro atoms. The highest BCUT2D eigenvalue weighted by Crippen LogP contribution is 2.24. The van der Waals surface area contributed by atoms with Gasteiger partial charge >= 0.3 is 5.97 Å². The number of aromatic nitrogens is 1. The van der Waals surface area contributed by atoms with E-state index in [4.69, 9.17) is 4.74 Å². The Labute approximate surface area is 151 Å². The van der Waals surface area contributed by atoms with E-state index in [-0.39, 0.29) is 25.0 Å². The fourth-order valence-corrected chi connectivity index (χ4v) is 3.73. The number of aryl methyl sites for hydroxylation is 1. The van der Waals surface area contributed by atoms with Crippen molar-refractivity contribution in [2.24, 2.45) is 0 Å². The van der Waals surface area contributed by atoms with E-state index in [0.717, 1.165) is 36.3 Å². The first-order valence-corrected chi connectivity index (χ1v) is 9.44. The monoisotopic (exact) mass is 358 g/mol. The summed E-state index contributed by atoms with van der Waals surface area (Å²) >= 11 is 1.50. The number of thiazole rings is 1. The minimum Gasteiger partial charge on any atom is -0.455 e. The van der Waals surface area contributed by atoms with E-state index in [1.165, 1.54) is 16.9 Å². The number of hydrogen-bond acceptors (Lipinski definition) is 5. The molecule has 0 aliphatic heterocycles. The predicted octanol–water partition coefficient (Wildman–Crippen LogP) is 3.26. The van der Waals surface area contributed by atoms with Crippen LogP contribution in [0.4, 0.5) is 0 Å². The van der Waals surface area contributed by atoms with Crippen LogP contribution in [-0.4, -0.2) is 29.5 Å². The van der Waals surface area contributed by atoms with Gasteiger partial charge in [0.15, 0.2) is 6.61 Å². The Morgan fingerprint density at radius 1 is 1.24 bits per heavy atom. The second-order valence-corrected chi connectivity index (χ2v) is 7.25. The Morgan fingerprint density at radius 3 is 2.68 bits per heavy atom. The molecule has 1 aliphatic rings. The summed E-state index contributed by atoms with van der Waals surface area (Å²) in [6.07, 6.45) is 4.41. The predicted molar refractivity (Wildman–Crippen MR) is 97.3 cm³/mol. The third-order valence-electron chi connectivity index (χ3n) is 4.26. The van der Waals surface area contributed by atoms with Crippen molar-refractivity contribution in [2.45, 2.75) is 45.1 Å². The fourth-order valence-electron chi connectivity index (χ4n) is 2.90. The van der Waals surface area contributed by atoms with Crippen LogP contribution in [-0.2, 0) is 20.7 Å². The van der Waals surface area contributed by atoms with E-state index >= 15 is 0 Å². The number of rotatable bonds is 6. The van der Waals surface area contributed by atoms with Crippen molar-refractivity contribution < 1.29 is 14.3 Å². The van der Waals surface area contributed by atoms with E-state index < -0.39 is 5.97 Å². The Bertz CT molecular complexity index is 733. The van der Waals surface area contributed by atoms with Gasteiger partial charge in [-0.25, -0.2) is 4.98 Å². The van der Waals surface area contributed by atoms with Crippen LogP contribution in [0, 0.1) is 6.92 Å². The summed E-state index contributed by atoms with van der Waals surface area (Å²) in [5, 5.41) is 5.63. The molecule has 0 unspecified atom stereocenters. The highest BCUT2D eigenvalue weighted by Gasteiger charge is 2.18. The van der Waals surface area contributed by atoms with Gasteiger partial charge in [-0.3, -0.25) is 9.59 Å². The van der Waals surface area contributed by atoms with Crippen molar-refractivity contribution in [2.75, 3.05) is 6.61 Å². The van der Waals surface area contributed by atoms with Gasteiger partial charge in [0.25, 0.3) is 5.91 Å². The van der Waals surface area contributed by atoms with Gasteiger partial charge in [-0.1, -0.05) is 42.7 Å². The molecule has 5 nitrogen and oxygen atoms in total. The molecule has 1 aromatic heterocycles. The standard InChI is InChI=1S/C19H22N2O3S/c1-13-6-8-14(9-7-13)19-21-16(12-25-19)10-18(23)24-11-17(22)20-15-4-2-3-5-15/h6-9,12,15H,2-5,10-11H2,1H3,(H,20,22).